The van der Waals surface area contributed by atoms with Gasteiger partial charge in [0.05, 0.1) is 28.3 Å². The van der Waals surface area contributed by atoms with Gasteiger partial charge in [-0.1, -0.05) is 57.0 Å². The van der Waals surface area contributed by atoms with Crippen molar-refractivity contribution < 1.29 is 19.4 Å². The molecule has 3 rings (SSSR count). The molecule has 6 nitrogen and oxygen atoms in total. The number of likely N-dealkylation sites (N-methyl/N-ethyl adjacent to an activating group) is 1. The summed E-state index contributed by atoms with van der Waals surface area (Å²) in [5.74, 6) is -0.514. The Balaban J connectivity index is 2.08. The fourth-order valence-electron chi connectivity index (χ4n) is 4.30. The van der Waals surface area contributed by atoms with Crippen molar-refractivity contribution in [1.29, 1.82) is 0 Å². The van der Waals surface area contributed by atoms with Crippen LogP contribution >= 0.6 is 23.2 Å². The molecular formula is C28H34Cl2N2O4. The van der Waals surface area contributed by atoms with Crippen molar-refractivity contribution in [1.82, 2.24) is 9.80 Å². The summed E-state index contributed by atoms with van der Waals surface area (Å²) >= 11 is 12.4. The number of benzene rings is 2. The predicted molar refractivity (Wildman–Crippen MR) is 145 cm³/mol. The van der Waals surface area contributed by atoms with Crippen LogP contribution < -0.4 is 4.74 Å². The normalized spacial score (nSPS) is 17.5. The molecule has 1 saturated heterocycles. The van der Waals surface area contributed by atoms with Gasteiger partial charge >= 0.3 is 0 Å². The largest absolute Gasteiger partial charge is 0.507 e. The number of rotatable bonds is 10. The highest BCUT2D eigenvalue weighted by atomic mass is 35.5. The summed E-state index contributed by atoms with van der Waals surface area (Å²) in [4.78, 5) is 30.1. The molecule has 0 aromatic heterocycles. The predicted octanol–water partition coefficient (Wildman–Crippen LogP) is 6.10. The molecule has 1 aliphatic heterocycles. The second kappa shape index (κ2) is 12.1. The van der Waals surface area contributed by atoms with Gasteiger partial charge in [0.1, 0.15) is 11.5 Å². The summed E-state index contributed by atoms with van der Waals surface area (Å²) in [6.07, 6.45) is 0. The number of aryl methyl sites for hydroxylation is 1. The molecule has 1 atom stereocenters. The van der Waals surface area contributed by atoms with Gasteiger partial charge in [0.2, 0.25) is 0 Å². The Morgan fingerprint density at radius 1 is 1.08 bits per heavy atom. The Morgan fingerprint density at radius 2 is 1.78 bits per heavy atom. The van der Waals surface area contributed by atoms with Crippen LogP contribution in [0.3, 0.4) is 0 Å². The zero-order chi connectivity index (χ0) is 26.6. The van der Waals surface area contributed by atoms with Crippen LogP contribution in [-0.4, -0.2) is 59.4 Å². The molecular weight excluding hydrogens is 499 g/mol. The van der Waals surface area contributed by atoms with Gasteiger partial charge in [-0.05, 0) is 67.4 Å². The van der Waals surface area contributed by atoms with Gasteiger partial charge in [0, 0.05) is 18.7 Å². The Labute approximate surface area is 223 Å². The average Bonchev–Trinajstić information content (AvgIpc) is 3.10. The van der Waals surface area contributed by atoms with E-state index in [1.54, 1.807) is 36.4 Å². The van der Waals surface area contributed by atoms with Crippen LogP contribution in [0.2, 0.25) is 10.0 Å². The topological polar surface area (TPSA) is 70.1 Å². The van der Waals surface area contributed by atoms with Gasteiger partial charge in [-0.3, -0.25) is 9.59 Å². The van der Waals surface area contributed by atoms with E-state index in [0.29, 0.717) is 52.5 Å². The molecule has 1 heterocycles. The molecule has 194 valence electrons. The summed E-state index contributed by atoms with van der Waals surface area (Å²) in [5, 5.41) is 12.0. The molecule has 0 bridgehead atoms. The maximum Gasteiger partial charge on any atom is 0.295 e. The number of amides is 1. The van der Waals surface area contributed by atoms with Gasteiger partial charge in [-0.2, -0.15) is 0 Å². The van der Waals surface area contributed by atoms with Crippen molar-refractivity contribution in [2.24, 2.45) is 5.92 Å². The van der Waals surface area contributed by atoms with Crippen molar-refractivity contribution in [2.75, 3.05) is 32.8 Å². The minimum Gasteiger partial charge on any atom is -0.507 e. The maximum atomic E-state index is 13.3. The molecule has 0 radical (unpaired) electrons. The minimum absolute atomic E-state index is 0.0354. The van der Waals surface area contributed by atoms with E-state index in [9.17, 15) is 14.7 Å². The summed E-state index contributed by atoms with van der Waals surface area (Å²) < 4.78 is 5.85. The van der Waals surface area contributed by atoms with E-state index in [1.165, 1.54) is 4.90 Å². The second-order valence-electron chi connectivity index (χ2n) is 9.38. The molecule has 1 amide bonds. The quantitative estimate of drug-likeness (QED) is 0.227. The van der Waals surface area contributed by atoms with Crippen LogP contribution in [-0.2, 0) is 9.59 Å². The van der Waals surface area contributed by atoms with Gasteiger partial charge < -0.3 is 19.6 Å². The lowest BCUT2D eigenvalue weighted by Gasteiger charge is -2.28. The molecule has 1 unspecified atom stereocenters. The smallest absolute Gasteiger partial charge is 0.295 e. The number of hydrogen-bond acceptors (Lipinski definition) is 5. The fraction of sp³-hybridized carbons (Fsp3) is 0.429. The van der Waals surface area contributed by atoms with Gasteiger partial charge in [-0.25, -0.2) is 0 Å². The number of Topliss-reactive ketones (excluding diaryl/α,β-unsaturated/α-hetero) is 1. The number of aliphatic hydroxyl groups is 1. The van der Waals surface area contributed by atoms with Crippen LogP contribution in [0.15, 0.2) is 42.0 Å². The standard InChI is InChI=1S/C28H34Cl2N2O4/c1-6-31(7-2)12-13-32-25(19-8-10-21(29)22(30)15-19)24(27(34)28(32)35)26(33)20-9-11-23(18(5)14-20)36-16-17(3)4/h8-11,14-15,17,25,33H,6-7,12-13,16H2,1-5H3/b26-24-. The third-order valence-electron chi connectivity index (χ3n) is 6.37. The van der Waals surface area contributed by atoms with Gasteiger partial charge in [0.25, 0.3) is 11.7 Å². The number of aliphatic hydroxyl groups excluding tert-OH is 1. The second-order valence-corrected chi connectivity index (χ2v) is 10.2. The van der Waals surface area contributed by atoms with E-state index in [2.05, 4.69) is 18.7 Å². The highest BCUT2D eigenvalue weighted by molar-refractivity contribution is 6.46. The van der Waals surface area contributed by atoms with E-state index in [4.69, 9.17) is 27.9 Å². The molecule has 0 spiro atoms. The molecule has 0 aliphatic carbocycles. The van der Waals surface area contributed by atoms with E-state index in [0.717, 1.165) is 18.7 Å². The van der Waals surface area contributed by atoms with Gasteiger partial charge in [-0.15, -0.1) is 0 Å². The van der Waals surface area contributed by atoms with Gasteiger partial charge in [0.15, 0.2) is 0 Å². The SMILES string of the molecule is CCN(CC)CCN1C(=O)C(=O)/C(=C(\O)c2ccc(OCC(C)C)c(C)c2)C1c1ccc(Cl)c(Cl)c1. The number of ether oxygens (including phenoxy) is 1. The number of likely N-dealkylation sites (tertiary alicyclic amines) is 1. The number of nitrogens with zero attached hydrogens (tertiary/aromatic N) is 2. The van der Waals surface area contributed by atoms with Crippen molar-refractivity contribution in [3.05, 3.63) is 68.7 Å². The average molecular weight is 533 g/mol. The van der Waals surface area contributed by atoms with Crippen LogP contribution in [0.25, 0.3) is 5.76 Å². The molecule has 36 heavy (non-hydrogen) atoms. The molecule has 2 aromatic rings. The van der Waals surface area contributed by atoms with Crippen LogP contribution in [0.5, 0.6) is 5.75 Å². The number of hydrogen-bond donors (Lipinski definition) is 1. The lowest BCUT2D eigenvalue weighted by atomic mass is 9.94. The maximum absolute atomic E-state index is 13.3. The zero-order valence-corrected chi connectivity index (χ0v) is 23.0. The zero-order valence-electron chi connectivity index (χ0n) is 21.5. The van der Waals surface area contributed by atoms with E-state index in [1.807, 2.05) is 20.8 Å². The van der Waals surface area contributed by atoms with Crippen molar-refractivity contribution in [3.8, 4) is 5.75 Å². The third kappa shape index (κ3) is 6.05. The highest BCUT2D eigenvalue weighted by Crippen LogP contribution is 2.41. The number of carbonyl (C=O) groups is 2. The van der Waals surface area contributed by atoms with Crippen LogP contribution in [0, 0.1) is 12.8 Å². The fourth-order valence-corrected chi connectivity index (χ4v) is 4.61. The molecule has 8 heteroatoms. The lowest BCUT2D eigenvalue weighted by Crippen LogP contribution is -2.38. The first kappa shape index (κ1) is 28.0. The highest BCUT2D eigenvalue weighted by Gasteiger charge is 2.46. The lowest BCUT2D eigenvalue weighted by molar-refractivity contribution is -0.140. The van der Waals surface area contributed by atoms with Crippen molar-refractivity contribution >= 4 is 40.7 Å². The number of ketones is 1. The van der Waals surface area contributed by atoms with Crippen LogP contribution in [0.1, 0.15) is 50.4 Å². The summed E-state index contributed by atoms with van der Waals surface area (Å²) in [5.41, 5.74) is 1.91. The first-order valence-corrected chi connectivity index (χ1v) is 13.0. The Bertz CT molecular complexity index is 1160. The number of halogens is 2. The minimum atomic E-state index is -0.785. The number of carbonyl (C=O) groups excluding carboxylic acids is 2. The van der Waals surface area contributed by atoms with E-state index >= 15 is 0 Å². The Hall–Kier alpha value is -2.54. The Morgan fingerprint density at radius 3 is 2.36 bits per heavy atom. The Kier molecular flexibility index (Phi) is 9.45. The molecule has 0 saturated carbocycles. The first-order chi connectivity index (χ1) is 17.1. The third-order valence-corrected chi connectivity index (χ3v) is 7.11. The first-order valence-electron chi connectivity index (χ1n) is 12.3. The summed E-state index contributed by atoms with van der Waals surface area (Å²) in [6, 6.07) is 9.47. The van der Waals surface area contributed by atoms with Crippen molar-refractivity contribution in [3.63, 3.8) is 0 Å². The van der Waals surface area contributed by atoms with E-state index in [-0.39, 0.29) is 11.3 Å². The molecule has 1 fully saturated rings. The molecule has 2 aromatic carbocycles. The molecule has 1 aliphatic rings. The molecule has 1 N–H and O–H groups in total. The van der Waals surface area contributed by atoms with E-state index < -0.39 is 17.7 Å². The van der Waals surface area contributed by atoms with Crippen molar-refractivity contribution in [2.45, 2.75) is 40.7 Å². The summed E-state index contributed by atoms with van der Waals surface area (Å²) in [7, 11) is 0. The van der Waals surface area contributed by atoms with Crippen LogP contribution in [0.4, 0.5) is 0 Å². The monoisotopic (exact) mass is 532 g/mol. The summed E-state index contributed by atoms with van der Waals surface area (Å²) in [6.45, 7) is 13.2.